The molecule has 0 saturated carbocycles. The number of aliphatic hydroxyl groups is 2. The molecule has 0 spiro atoms. The van der Waals surface area contributed by atoms with Gasteiger partial charge in [-0.3, -0.25) is 0 Å². The molecule has 0 bridgehead atoms. The van der Waals surface area contributed by atoms with Crippen molar-refractivity contribution < 1.29 is 10.2 Å². The van der Waals surface area contributed by atoms with E-state index in [1.54, 1.807) is 0 Å². The molecule has 3 atom stereocenters. The highest BCUT2D eigenvalue weighted by Crippen LogP contribution is 2.15. The van der Waals surface area contributed by atoms with Gasteiger partial charge >= 0.3 is 0 Å². The minimum atomic E-state index is -0.605. The SMILES string of the molecule is OCCC(S)C(O)C(S)CS. The zero-order valence-electron chi connectivity index (χ0n) is 6.09. The Morgan fingerprint density at radius 1 is 1.18 bits per heavy atom. The van der Waals surface area contributed by atoms with Gasteiger partial charge in [0, 0.05) is 22.9 Å². The Kier molecular flexibility index (Phi) is 7.05. The van der Waals surface area contributed by atoms with Gasteiger partial charge in [0.2, 0.25) is 0 Å². The molecule has 3 unspecified atom stereocenters. The van der Waals surface area contributed by atoms with Crippen LogP contribution in [-0.4, -0.2) is 39.2 Å². The quantitative estimate of drug-likeness (QED) is 0.426. The lowest BCUT2D eigenvalue weighted by Crippen LogP contribution is -2.32. The Balaban J connectivity index is 3.70. The van der Waals surface area contributed by atoms with Crippen LogP contribution in [0.15, 0.2) is 0 Å². The van der Waals surface area contributed by atoms with Gasteiger partial charge in [-0.15, -0.1) is 0 Å². The smallest absolute Gasteiger partial charge is 0.0780 e. The summed E-state index contributed by atoms with van der Waals surface area (Å²) in [5, 5.41) is 17.6. The van der Waals surface area contributed by atoms with E-state index < -0.39 is 6.10 Å². The van der Waals surface area contributed by atoms with E-state index in [0.717, 1.165) is 0 Å². The van der Waals surface area contributed by atoms with Crippen molar-refractivity contribution in [3.8, 4) is 0 Å². The minimum absolute atomic E-state index is 0.0400. The van der Waals surface area contributed by atoms with Crippen molar-refractivity contribution >= 4 is 37.9 Å². The lowest BCUT2D eigenvalue weighted by atomic mass is 10.1. The van der Waals surface area contributed by atoms with Crippen molar-refractivity contribution in [1.29, 1.82) is 0 Å². The first-order valence-electron chi connectivity index (χ1n) is 3.39. The third kappa shape index (κ3) is 4.52. The van der Waals surface area contributed by atoms with E-state index in [2.05, 4.69) is 37.9 Å². The van der Waals surface area contributed by atoms with E-state index in [-0.39, 0.29) is 17.1 Å². The molecule has 0 aromatic carbocycles. The van der Waals surface area contributed by atoms with Crippen molar-refractivity contribution in [2.75, 3.05) is 12.4 Å². The van der Waals surface area contributed by atoms with Gasteiger partial charge < -0.3 is 10.2 Å². The predicted octanol–water partition coefficient (Wildman–Crippen LogP) is 0.256. The average Bonchev–Trinajstić information content (AvgIpc) is 2.02. The lowest BCUT2D eigenvalue weighted by Gasteiger charge is -2.21. The first kappa shape index (κ1) is 12.0. The van der Waals surface area contributed by atoms with Gasteiger partial charge in [0.25, 0.3) is 0 Å². The highest BCUT2D eigenvalue weighted by Gasteiger charge is 2.20. The summed E-state index contributed by atoms with van der Waals surface area (Å²) < 4.78 is 0. The average molecular weight is 214 g/mol. The molecular formula is C6H14O2S3. The van der Waals surface area contributed by atoms with Crippen LogP contribution in [0.25, 0.3) is 0 Å². The Hall–Kier alpha value is 0.970. The molecule has 2 nitrogen and oxygen atoms in total. The summed E-state index contributed by atoms with van der Waals surface area (Å²) in [5.74, 6) is 0.507. The molecule has 0 aromatic heterocycles. The van der Waals surface area contributed by atoms with Crippen LogP contribution in [0.4, 0.5) is 0 Å². The summed E-state index contributed by atoms with van der Waals surface area (Å²) in [6, 6.07) is 0. The second-order valence-electron chi connectivity index (χ2n) is 2.32. The Bertz CT molecular complexity index is 102. The topological polar surface area (TPSA) is 40.5 Å². The first-order valence-corrected chi connectivity index (χ1v) is 5.06. The number of rotatable bonds is 5. The maximum Gasteiger partial charge on any atom is 0.0780 e. The molecule has 0 aromatic rings. The van der Waals surface area contributed by atoms with Gasteiger partial charge in [-0.1, -0.05) is 0 Å². The first-order chi connectivity index (χ1) is 5.13. The predicted molar refractivity (Wildman–Crippen MR) is 57.1 cm³/mol. The lowest BCUT2D eigenvalue weighted by molar-refractivity contribution is 0.159. The molecule has 0 aliphatic rings. The van der Waals surface area contributed by atoms with Gasteiger partial charge in [0.15, 0.2) is 0 Å². The molecule has 0 amide bonds. The second-order valence-corrected chi connectivity index (χ2v) is 4.01. The van der Waals surface area contributed by atoms with Crippen LogP contribution in [0, 0.1) is 0 Å². The normalized spacial score (nSPS) is 19.4. The standard InChI is InChI=1S/C6H14O2S3/c7-2-1-4(10)6(8)5(11)3-9/h4-11H,1-3H2. The Morgan fingerprint density at radius 3 is 2.09 bits per heavy atom. The highest BCUT2D eigenvalue weighted by molar-refractivity contribution is 7.85. The van der Waals surface area contributed by atoms with Gasteiger partial charge in [0.1, 0.15) is 0 Å². The summed E-state index contributed by atoms with van der Waals surface area (Å²) >= 11 is 12.2. The van der Waals surface area contributed by atoms with Gasteiger partial charge in [0.05, 0.1) is 6.10 Å². The Morgan fingerprint density at radius 2 is 1.73 bits per heavy atom. The summed E-state index contributed by atoms with van der Waals surface area (Å²) in [6.07, 6.45) is -0.124. The van der Waals surface area contributed by atoms with Crippen molar-refractivity contribution in [2.24, 2.45) is 0 Å². The third-order valence-corrected chi connectivity index (χ3v) is 3.13. The monoisotopic (exact) mass is 214 g/mol. The van der Waals surface area contributed by atoms with Crippen molar-refractivity contribution in [2.45, 2.75) is 23.0 Å². The van der Waals surface area contributed by atoms with E-state index >= 15 is 0 Å². The fourth-order valence-corrected chi connectivity index (χ4v) is 1.55. The van der Waals surface area contributed by atoms with Gasteiger partial charge in [-0.25, -0.2) is 0 Å². The molecule has 0 saturated heterocycles. The largest absolute Gasteiger partial charge is 0.396 e. The van der Waals surface area contributed by atoms with Crippen LogP contribution in [0.3, 0.4) is 0 Å². The van der Waals surface area contributed by atoms with Crippen molar-refractivity contribution in [3.05, 3.63) is 0 Å². The van der Waals surface area contributed by atoms with Crippen LogP contribution < -0.4 is 0 Å². The van der Waals surface area contributed by atoms with E-state index in [4.69, 9.17) is 5.11 Å². The summed E-state index contributed by atoms with van der Waals surface area (Å²) in [7, 11) is 0. The van der Waals surface area contributed by atoms with Crippen LogP contribution in [0.5, 0.6) is 0 Å². The molecular weight excluding hydrogens is 200 g/mol. The third-order valence-electron chi connectivity index (χ3n) is 1.40. The zero-order valence-corrected chi connectivity index (χ0v) is 8.77. The minimum Gasteiger partial charge on any atom is -0.396 e. The zero-order chi connectivity index (χ0) is 8.85. The summed E-state index contributed by atoms with van der Waals surface area (Å²) in [6.45, 7) is 0.0400. The molecule has 68 valence electrons. The van der Waals surface area contributed by atoms with Crippen LogP contribution in [0.2, 0.25) is 0 Å². The van der Waals surface area contributed by atoms with E-state index in [0.29, 0.717) is 12.2 Å². The molecule has 11 heavy (non-hydrogen) atoms. The maximum absolute atomic E-state index is 9.40. The molecule has 0 radical (unpaired) electrons. The molecule has 5 heteroatoms. The van der Waals surface area contributed by atoms with Crippen molar-refractivity contribution in [1.82, 2.24) is 0 Å². The summed E-state index contributed by atoms with van der Waals surface area (Å²) in [4.78, 5) is 0. The van der Waals surface area contributed by atoms with Crippen LogP contribution in [0.1, 0.15) is 6.42 Å². The molecule has 0 aliphatic heterocycles. The van der Waals surface area contributed by atoms with Crippen molar-refractivity contribution in [3.63, 3.8) is 0 Å². The number of thiol groups is 3. The van der Waals surface area contributed by atoms with Crippen LogP contribution >= 0.6 is 37.9 Å². The van der Waals surface area contributed by atoms with E-state index in [1.807, 2.05) is 0 Å². The highest BCUT2D eigenvalue weighted by atomic mass is 32.1. The fraction of sp³-hybridized carbons (Fsp3) is 1.00. The van der Waals surface area contributed by atoms with Crippen LogP contribution in [-0.2, 0) is 0 Å². The fourth-order valence-electron chi connectivity index (χ4n) is 0.667. The molecule has 0 fully saturated rings. The molecule has 0 heterocycles. The number of hydrogen-bond acceptors (Lipinski definition) is 5. The number of aliphatic hydroxyl groups excluding tert-OH is 2. The number of hydrogen-bond donors (Lipinski definition) is 5. The second kappa shape index (κ2) is 6.48. The van der Waals surface area contributed by atoms with E-state index in [9.17, 15) is 5.11 Å². The Labute approximate surface area is 83.6 Å². The molecule has 0 rings (SSSR count). The van der Waals surface area contributed by atoms with Gasteiger partial charge in [-0.05, 0) is 6.42 Å². The summed E-state index contributed by atoms with van der Waals surface area (Å²) in [5.41, 5.74) is 0. The molecule has 2 N–H and O–H groups in total. The van der Waals surface area contributed by atoms with E-state index in [1.165, 1.54) is 0 Å². The van der Waals surface area contributed by atoms with Gasteiger partial charge in [-0.2, -0.15) is 37.9 Å². The maximum atomic E-state index is 9.40. The molecule has 0 aliphatic carbocycles.